The van der Waals surface area contributed by atoms with Crippen molar-refractivity contribution in [3.8, 4) is 5.69 Å². The summed E-state index contributed by atoms with van der Waals surface area (Å²) in [6.07, 6.45) is 0.835. The van der Waals surface area contributed by atoms with Crippen molar-refractivity contribution in [1.29, 1.82) is 0 Å². The van der Waals surface area contributed by atoms with Crippen LogP contribution < -0.4 is 0 Å². The number of benzene rings is 1. The van der Waals surface area contributed by atoms with Crippen LogP contribution in [0.4, 0.5) is 8.78 Å². The molecule has 0 saturated carbocycles. The Morgan fingerprint density at radius 3 is 2.54 bits per heavy atom. The maximum Gasteiger partial charge on any atom is 0.255 e. The maximum absolute atomic E-state index is 13.3. The Balaban J connectivity index is 1.61. The Morgan fingerprint density at radius 1 is 1.15 bits per heavy atom. The third-order valence-corrected chi connectivity index (χ3v) is 4.60. The Bertz CT molecular complexity index is 957. The molecule has 1 fully saturated rings. The number of hydrogen-bond acceptors (Lipinski definition) is 4. The van der Waals surface area contributed by atoms with Crippen LogP contribution in [0.2, 0.25) is 0 Å². The number of aryl methyl sites for hydroxylation is 1. The molecule has 26 heavy (non-hydrogen) atoms. The summed E-state index contributed by atoms with van der Waals surface area (Å²) in [6, 6.07) is 9.37. The Morgan fingerprint density at radius 2 is 1.85 bits per heavy atom. The Hall–Kier alpha value is -2.90. The van der Waals surface area contributed by atoms with E-state index in [0.29, 0.717) is 16.7 Å². The number of carbonyl (C=O) groups excluding carboxylic acids is 1. The number of hydrogen-bond donors (Lipinski definition) is 0. The number of fused-ring (bicyclic) bond motifs is 1. The quantitative estimate of drug-likeness (QED) is 0.707. The lowest BCUT2D eigenvalue weighted by Crippen LogP contribution is -2.42. The summed E-state index contributed by atoms with van der Waals surface area (Å²) in [4.78, 5) is 18.3. The monoisotopic (exact) mass is 357 g/mol. The number of nitrogens with zero attached hydrogens (tertiary/aromatic N) is 5. The molecule has 1 saturated heterocycles. The summed E-state index contributed by atoms with van der Waals surface area (Å²) >= 11 is 0. The second-order valence-electron chi connectivity index (χ2n) is 6.55. The van der Waals surface area contributed by atoms with Crippen LogP contribution in [0.15, 0.2) is 36.5 Å². The number of pyridine rings is 1. The zero-order valence-electron chi connectivity index (χ0n) is 14.2. The van der Waals surface area contributed by atoms with E-state index in [1.54, 1.807) is 10.7 Å². The van der Waals surface area contributed by atoms with E-state index in [4.69, 9.17) is 0 Å². The van der Waals surface area contributed by atoms with Crippen molar-refractivity contribution in [3.63, 3.8) is 0 Å². The highest BCUT2D eigenvalue weighted by molar-refractivity contribution is 5.96. The van der Waals surface area contributed by atoms with E-state index in [-0.39, 0.29) is 31.8 Å². The fraction of sp³-hybridized carbons (Fsp3) is 0.333. The summed E-state index contributed by atoms with van der Waals surface area (Å²) in [7, 11) is 0. The van der Waals surface area contributed by atoms with Crippen molar-refractivity contribution in [2.75, 3.05) is 13.1 Å². The van der Waals surface area contributed by atoms with Gasteiger partial charge in [-0.05, 0) is 25.1 Å². The fourth-order valence-corrected chi connectivity index (χ4v) is 3.01. The molecule has 8 heteroatoms. The van der Waals surface area contributed by atoms with Gasteiger partial charge in [0, 0.05) is 32.1 Å². The van der Waals surface area contributed by atoms with E-state index < -0.39 is 5.92 Å². The molecule has 0 unspecified atom stereocenters. The molecule has 0 radical (unpaired) electrons. The van der Waals surface area contributed by atoms with Gasteiger partial charge in [0.2, 0.25) is 0 Å². The Kier molecular flexibility index (Phi) is 3.90. The van der Waals surface area contributed by atoms with Crippen molar-refractivity contribution in [2.24, 2.45) is 0 Å². The van der Waals surface area contributed by atoms with Gasteiger partial charge in [0.1, 0.15) is 5.52 Å². The molecule has 1 aromatic carbocycles. The second-order valence-corrected chi connectivity index (χ2v) is 6.55. The van der Waals surface area contributed by atoms with E-state index in [1.165, 1.54) is 11.1 Å². The lowest BCUT2D eigenvalue weighted by molar-refractivity contribution is -0.0494. The number of likely N-dealkylation sites (tertiary alicyclic amines) is 1. The minimum Gasteiger partial charge on any atom is -0.338 e. The normalized spacial score (nSPS) is 16.8. The first kappa shape index (κ1) is 16.6. The average molecular weight is 357 g/mol. The lowest BCUT2D eigenvalue weighted by Gasteiger charge is -2.31. The molecule has 0 bridgehead atoms. The molecule has 1 amide bonds. The van der Waals surface area contributed by atoms with Gasteiger partial charge in [0.05, 0.1) is 11.3 Å². The Labute approximate surface area is 148 Å². The first-order valence-electron chi connectivity index (χ1n) is 8.39. The number of carbonyl (C=O) groups is 1. The molecule has 0 aliphatic carbocycles. The van der Waals surface area contributed by atoms with Gasteiger partial charge in [0.15, 0.2) is 5.65 Å². The standard InChI is InChI=1S/C18H17F2N5O/c1-12-2-4-14(5-3-12)25-16-15(22-23-25)10-13(11-21-16)17(26)24-8-6-18(19,20)7-9-24/h2-5,10-11H,6-9H2,1H3. The van der Waals surface area contributed by atoms with Gasteiger partial charge in [-0.25, -0.2) is 13.8 Å². The predicted octanol–water partition coefficient (Wildman–Crippen LogP) is 3.00. The van der Waals surface area contributed by atoms with Crippen molar-refractivity contribution >= 4 is 17.1 Å². The highest BCUT2D eigenvalue weighted by Crippen LogP contribution is 2.28. The number of amides is 1. The van der Waals surface area contributed by atoms with Gasteiger partial charge < -0.3 is 4.90 Å². The topological polar surface area (TPSA) is 63.9 Å². The second kappa shape index (κ2) is 6.12. The molecule has 0 spiro atoms. The van der Waals surface area contributed by atoms with Gasteiger partial charge in [-0.2, -0.15) is 4.68 Å². The van der Waals surface area contributed by atoms with Gasteiger partial charge >= 0.3 is 0 Å². The molecule has 4 rings (SSSR count). The lowest BCUT2D eigenvalue weighted by atomic mass is 10.1. The van der Waals surface area contributed by atoms with Crippen LogP contribution >= 0.6 is 0 Å². The minimum absolute atomic E-state index is 0.0416. The summed E-state index contributed by atoms with van der Waals surface area (Å²) in [5.74, 6) is -2.99. The first-order valence-corrected chi connectivity index (χ1v) is 8.39. The zero-order valence-corrected chi connectivity index (χ0v) is 14.2. The summed E-state index contributed by atoms with van der Waals surface area (Å²) in [5.41, 5.74) is 3.31. The highest BCUT2D eigenvalue weighted by atomic mass is 19.3. The molecular formula is C18H17F2N5O. The van der Waals surface area contributed by atoms with Crippen LogP contribution in [0.25, 0.3) is 16.9 Å². The van der Waals surface area contributed by atoms with Crippen LogP contribution in [-0.4, -0.2) is 49.8 Å². The fourth-order valence-electron chi connectivity index (χ4n) is 3.01. The number of aromatic nitrogens is 4. The summed E-state index contributed by atoms with van der Waals surface area (Å²) in [5, 5.41) is 8.20. The zero-order chi connectivity index (χ0) is 18.3. The van der Waals surface area contributed by atoms with Gasteiger partial charge in [-0.1, -0.05) is 22.9 Å². The molecule has 1 aliphatic heterocycles. The molecule has 6 nitrogen and oxygen atoms in total. The molecule has 0 N–H and O–H groups in total. The van der Waals surface area contributed by atoms with Crippen LogP contribution in [0.5, 0.6) is 0 Å². The third kappa shape index (κ3) is 3.02. The van der Waals surface area contributed by atoms with E-state index in [2.05, 4.69) is 15.3 Å². The van der Waals surface area contributed by atoms with Crippen LogP contribution in [0.1, 0.15) is 28.8 Å². The number of rotatable bonds is 2. The molecule has 134 valence electrons. The molecule has 3 aromatic rings. The minimum atomic E-state index is -2.68. The highest BCUT2D eigenvalue weighted by Gasteiger charge is 2.35. The number of alkyl halides is 2. The van der Waals surface area contributed by atoms with Crippen LogP contribution in [0, 0.1) is 6.92 Å². The number of halogens is 2. The van der Waals surface area contributed by atoms with E-state index >= 15 is 0 Å². The van der Waals surface area contributed by atoms with Gasteiger partial charge in [-0.15, -0.1) is 5.10 Å². The maximum atomic E-state index is 13.3. The van der Waals surface area contributed by atoms with Gasteiger partial charge in [0.25, 0.3) is 11.8 Å². The average Bonchev–Trinajstić information content (AvgIpc) is 3.05. The predicted molar refractivity (Wildman–Crippen MR) is 91.5 cm³/mol. The molecule has 2 aromatic heterocycles. The van der Waals surface area contributed by atoms with E-state index in [9.17, 15) is 13.6 Å². The van der Waals surface area contributed by atoms with Crippen LogP contribution in [-0.2, 0) is 0 Å². The molecule has 1 aliphatic rings. The van der Waals surface area contributed by atoms with E-state index in [0.717, 1.165) is 11.3 Å². The first-order chi connectivity index (χ1) is 12.4. The van der Waals surface area contributed by atoms with Crippen molar-refractivity contribution in [1.82, 2.24) is 24.9 Å². The summed E-state index contributed by atoms with van der Waals surface area (Å²) < 4.78 is 28.1. The van der Waals surface area contributed by atoms with Crippen molar-refractivity contribution in [3.05, 3.63) is 47.7 Å². The largest absolute Gasteiger partial charge is 0.338 e. The van der Waals surface area contributed by atoms with E-state index in [1.807, 2.05) is 31.2 Å². The molecule has 0 atom stereocenters. The van der Waals surface area contributed by atoms with Crippen molar-refractivity contribution in [2.45, 2.75) is 25.7 Å². The van der Waals surface area contributed by atoms with Crippen LogP contribution in [0.3, 0.4) is 0 Å². The van der Waals surface area contributed by atoms with Crippen molar-refractivity contribution < 1.29 is 13.6 Å². The third-order valence-electron chi connectivity index (χ3n) is 4.60. The number of piperidine rings is 1. The smallest absolute Gasteiger partial charge is 0.255 e. The van der Waals surface area contributed by atoms with Gasteiger partial charge in [-0.3, -0.25) is 4.79 Å². The molecule has 3 heterocycles. The SMILES string of the molecule is Cc1ccc(-n2nnc3cc(C(=O)N4CCC(F)(F)CC4)cnc32)cc1. The molecular weight excluding hydrogens is 340 g/mol. The summed E-state index contributed by atoms with van der Waals surface area (Å²) in [6.45, 7) is 2.08.